The zero-order chi connectivity index (χ0) is 23.1. The molecular formula is C24H23N4O5+. The number of fused-ring (bicyclic) bond motifs is 7. The second-order valence-electron chi connectivity index (χ2n) is 9.27. The molecule has 0 aromatic heterocycles. The maximum Gasteiger partial charge on any atom is 0.291 e. The summed E-state index contributed by atoms with van der Waals surface area (Å²) < 4.78 is 0. The molecule has 0 bridgehead atoms. The van der Waals surface area contributed by atoms with Crippen LogP contribution in [0, 0.1) is 22.0 Å². The fraction of sp³-hybridized carbons (Fsp3) is 0.375. The van der Waals surface area contributed by atoms with Crippen molar-refractivity contribution in [3.05, 3.63) is 63.7 Å². The Bertz CT molecular complexity index is 1260. The first kappa shape index (κ1) is 20.0. The smallest absolute Gasteiger partial charge is 0.291 e. The van der Waals surface area contributed by atoms with E-state index in [-0.39, 0.29) is 29.2 Å². The first-order chi connectivity index (χ1) is 15.9. The molecule has 6 rings (SSSR count). The molecule has 9 nitrogen and oxygen atoms in total. The molecular weight excluding hydrogens is 424 g/mol. The fourth-order valence-corrected chi connectivity index (χ4v) is 6.84. The number of benzene rings is 2. The molecule has 0 radical (unpaired) electrons. The van der Waals surface area contributed by atoms with Gasteiger partial charge >= 0.3 is 0 Å². The summed E-state index contributed by atoms with van der Waals surface area (Å²) in [6.07, 6.45) is 2.37. The normalized spacial score (nSPS) is 31.7. The Labute approximate surface area is 189 Å². The van der Waals surface area contributed by atoms with Gasteiger partial charge in [0.1, 0.15) is 17.9 Å². The van der Waals surface area contributed by atoms with Crippen LogP contribution in [0.4, 0.5) is 17.1 Å². The summed E-state index contributed by atoms with van der Waals surface area (Å²) in [6, 6.07) is 11.2. The van der Waals surface area contributed by atoms with Gasteiger partial charge in [-0.1, -0.05) is 31.2 Å². The molecule has 1 spiro atoms. The van der Waals surface area contributed by atoms with Gasteiger partial charge in [-0.05, 0) is 18.1 Å². The Balaban J connectivity index is 1.54. The number of imide groups is 1. The number of para-hydroxylation sites is 1. The Hall–Kier alpha value is -3.59. The van der Waals surface area contributed by atoms with E-state index < -0.39 is 28.2 Å². The molecule has 33 heavy (non-hydrogen) atoms. The molecule has 3 fully saturated rings. The third kappa shape index (κ3) is 2.32. The molecule has 0 saturated carbocycles. The van der Waals surface area contributed by atoms with E-state index in [2.05, 4.69) is 5.32 Å². The van der Waals surface area contributed by atoms with Crippen LogP contribution in [0.3, 0.4) is 0 Å². The lowest BCUT2D eigenvalue weighted by molar-refractivity contribution is -0.948. The lowest BCUT2D eigenvalue weighted by Gasteiger charge is -2.33. The maximum atomic E-state index is 13.9. The zero-order valence-corrected chi connectivity index (χ0v) is 18.0. The topological polar surface area (TPSA) is 114 Å². The van der Waals surface area contributed by atoms with E-state index in [0.717, 1.165) is 52.4 Å². The average Bonchev–Trinajstić information content (AvgIpc) is 3.51. The van der Waals surface area contributed by atoms with Gasteiger partial charge in [-0.15, -0.1) is 0 Å². The van der Waals surface area contributed by atoms with Crippen molar-refractivity contribution in [1.29, 1.82) is 0 Å². The molecule has 2 N–H and O–H groups in total. The van der Waals surface area contributed by atoms with Gasteiger partial charge in [-0.25, -0.2) is 4.90 Å². The Kier molecular flexibility index (Phi) is 4.08. The highest BCUT2D eigenvalue weighted by atomic mass is 16.6. The van der Waals surface area contributed by atoms with Crippen molar-refractivity contribution >= 4 is 34.8 Å². The van der Waals surface area contributed by atoms with Crippen LogP contribution in [-0.4, -0.2) is 35.2 Å². The number of carbonyl (C=O) groups is 3. The van der Waals surface area contributed by atoms with Crippen LogP contribution < -0.4 is 15.1 Å². The number of non-ortho nitro benzene ring substituents is 1. The Morgan fingerprint density at radius 1 is 1.18 bits per heavy atom. The number of hydrogen-bond donors (Lipinski definition) is 2. The summed E-state index contributed by atoms with van der Waals surface area (Å²) in [5, 5.41) is 14.3. The summed E-state index contributed by atoms with van der Waals surface area (Å²) in [7, 11) is 0. The van der Waals surface area contributed by atoms with Crippen molar-refractivity contribution < 1.29 is 24.2 Å². The van der Waals surface area contributed by atoms with Crippen LogP contribution in [0.1, 0.15) is 30.9 Å². The number of amides is 3. The van der Waals surface area contributed by atoms with E-state index in [1.54, 1.807) is 0 Å². The van der Waals surface area contributed by atoms with Crippen molar-refractivity contribution in [2.75, 3.05) is 16.8 Å². The van der Waals surface area contributed by atoms with E-state index in [1.165, 1.54) is 24.3 Å². The second kappa shape index (κ2) is 6.71. The first-order valence-electron chi connectivity index (χ1n) is 11.3. The van der Waals surface area contributed by atoms with Crippen molar-refractivity contribution in [2.24, 2.45) is 11.8 Å². The third-order valence-electron chi connectivity index (χ3n) is 8.02. The van der Waals surface area contributed by atoms with Gasteiger partial charge in [0.25, 0.3) is 11.6 Å². The third-order valence-corrected chi connectivity index (χ3v) is 8.02. The van der Waals surface area contributed by atoms with Crippen LogP contribution in [0.15, 0.2) is 42.5 Å². The zero-order valence-electron chi connectivity index (χ0n) is 18.0. The largest absolute Gasteiger partial charge is 0.320 e. The summed E-state index contributed by atoms with van der Waals surface area (Å²) in [6.45, 7) is 2.74. The number of nitro groups is 1. The van der Waals surface area contributed by atoms with Crippen LogP contribution in [0.25, 0.3) is 0 Å². The van der Waals surface area contributed by atoms with Crippen LogP contribution in [0.2, 0.25) is 0 Å². The first-order valence-corrected chi connectivity index (χ1v) is 11.3. The molecule has 4 aliphatic heterocycles. The molecule has 168 valence electrons. The Morgan fingerprint density at radius 2 is 1.97 bits per heavy atom. The van der Waals surface area contributed by atoms with E-state index >= 15 is 0 Å². The number of nitro benzene ring substituents is 1. The molecule has 4 heterocycles. The second-order valence-corrected chi connectivity index (χ2v) is 9.27. The SMILES string of the molecule is CCc1cccc2c1NC(=O)[C@@]21[C@@H]2C(=O)N(c3cccc([N+](=O)[O-])c3)C(=O)[C@@H]2[C@@H]2CCC[NH+]21. The highest BCUT2D eigenvalue weighted by Gasteiger charge is 2.78. The molecule has 3 saturated heterocycles. The predicted molar refractivity (Wildman–Crippen MR) is 118 cm³/mol. The number of aryl methyl sites for hydroxylation is 1. The van der Waals surface area contributed by atoms with Crippen molar-refractivity contribution in [3.63, 3.8) is 0 Å². The van der Waals surface area contributed by atoms with Crippen molar-refractivity contribution in [2.45, 2.75) is 37.8 Å². The van der Waals surface area contributed by atoms with Gasteiger partial charge in [0.05, 0.1) is 22.8 Å². The number of carbonyl (C=O) groups excluding carboxylic acids is 3. The van der Waals surface area contributed by atoms with E-state index in [4.69, 9.17) is 0 Å². The molecule has 2 aromatic rings. The van der Waals surface area contributed by atoms with E-state index in [1.807, 2.05) is 25.1 Å². The minimum atomic E-state index is -1.16. The van der Waals surface area contributed by atoms with Gasteiger partial charge < -0.3 is 10.2 Å². The monoisotopic (exact) mass is 447 g/mol. The lowest BCUT2D eigenvalue weighted by Crippen LogP contribution is -3.19. The Morgan fingerprint density at radius 3 is 2.73 bits per heavy atom. The molecule has 9 heteroatoms. The van der Waals surface area contributed by atoms with Crippen LogP contribution in [0.5, 0.6) is 0 Å². The highest BCUT2D eigenvalue weighted by molar-refractivity contribution is 6.25. The number of rotatable bonds is 3. The number of anilines is 2. The minimum Gasteiger partial charge on any atom is -0.320 e. The summed E-state index contributed by atoms with van der Waals surface area (Å²) in [5.41, 5.74) is 1.40. The van der Waals surface area contributed by atoms with E-state index in [9.17, 15) is 24.5 Å². The fourth-order valence-electron chi connectivity index (χ4n) is 6.84. The van der Waals surface area contributed by atoms with Crippen molar-refractivity contribution in [3.8, 4) is 0 Å². The minimum absolute atomic E-state index is 0.142. The maximum absolute atomic E-state index is 13.9. The molecule has 1 unspecified atom stereocenters. The number of nitrogens with one attached hydrogen (secondary N) is 2. The molecule has 3 amide bonds. The van der Waals surface area contributed by atoms with Gasteiger partial charge in [-0.2, -0.15) is 0 Å². The number of hydrogen-bond acceptors (Lipinski definition) is 5. The van der Waals surface area contributed by atoms with Gasteiger partial charge in [0.15, 0.2) is 0 Å². The van der Waals surface area contributed by atoms with Crippen LogP contribution >= 0.6 is 0 Å². The summed E-state index contributed by atoms with van der Waals surface area (Å²) >= 11 is 0. The molecule has 2 aromatic carbocycles. The summed E-state index contributed by atoms with van der Waals surface area (Å²) in [4.78, 5) is 54.2. The highest BCUT2D eigenvalue weighted by Crippen LogP contribution is 2.53. The molecule has 4 aliphatic rings. The predicted octanol–water partition coefficient (Wildman–Crippen LogP) is 1.17. The van der Waals surface area contributed by atoms with Gasteiger partial charge in [0, 0.05) is 30.5 Å². The average molecular weight is 447 g/mol. The number of nitrogens with zero attached hydrogens (tertiary/aromatic N) is 2. The standard InChI is InChI=1S/C24H22N4O5/c1-2-13-6-3-9-16-20(13)25-23(31)24(16)19-18(17-10-5-11-26(17)24)21(29)27(22(19)30)14-7-4-8-15(12-14)28(32)33/h3-4,6-9,12,17-19H,2,5,10-11H2,1H3,(H,25,31)/p+1/t17-,18+,19-,24-/m0/s1. The quantitative estimate of drug-likeness (QED) is 0.417. The molecule has 5 atom stereocenters. The van der Waals surface area contributed by atoms with Gasteiger partial charge in [0.2, 0.25) is 17.4 Å². The van der Waals surface area contributed by atoms with Crippen LogP contribution in [-0.2, 0) is 26.3 Å². The summed E-state index contributed by atoms with van der Waals surface area (Å²) in [5.74, 6) is -2.50. The van der Waals surface area contributed by atoms with E-state index in [0.29, 0.717) is 0 Å². The lowest BCUT2D eigenvalue weighted by atomic mass is 9.75. The number of quaternary nitrogens is 1. The molecule has 0 aliphatic carbocycles. The van der Waals surface area contributed by atoms with Gasteiger partial charge in [-0.3, -0.25) is 24.5 Å². The van der Waals surface area contributed by atoms with Crippen molar-refractivity contribution in [1.82, 2.24) is 0 Å².